The molecule has 4 atom stereocenters. The highest BCUT2D eigenvalue weighted by Gasteiger charge is 2.57. The van der Waals surface area contributed by atoms with Crippen molar-refractivity contribution >= 4 is 18.9 Å². The van der Waals surface area contributed by atoms with E-state index in [2.05, 4.69) is 0 Å². The first-order valence-corrected chi connectivity index (χ1v) is 8.63. The van der Waals surface area contributed by atoms with Crippen LogP contribution < -0.4 is 0 Å². The molecule has 2 aliphatic heterocycles. The summed E-state index contributed by atoms with van der Waals surface area (Å²) in [7, 11) is 0.188. The molecule has 138 valence electrons. The summed E-state index contributed by atoms with van der Waals surface area (Å²) in [6, 6.07) is 3.29. The fourth-order valence-electron chi connectivity index (χ4n) is 4.55. The highest BCUT2D eigenvalue weighted by atomic mass is 16.5. The minimum Gasteiger partial charge on any atom is -0.461 e. The van der Waals surface area contributed by atoms with E-state index < -0.39 is 31.0 Å². The van der Waals surface area contributed by atoms with E-state index >= 15 is 0 Å². The number of allylic oxidation sites excluding steroid dienone is 1. The number of rotatable bonds is 3. The molecular formula is C17H20BNO7. The summed E-state index contributed by atoms with van der Waals surface area (Å²) >= 11 is 0. The van der Waals surface area contributed by atoms with Gasteiger partial charge in [-0.2, -0.15) is 0 Å². The molecule has 4 rings (SSSR count). The van der Waals surface area contributed by atoms with E-state index in [9.17, 15) is 19.7 Å². The van der Waals surface area contributed by atoms with Gasteiger partial charge in [0.05, 0.1) is 18.4 Å². The van der Waals surface area contributed by atoms with E-state index in [1.54, 1.807) is 12.1 Å². The molecule has 3 N–H and O–H groups in total. The standard InChI is InChI=1S/C17H20BNO7/c1-19-16(22)11-4-8(6-20)15-10(14(11)17(19)23)5-13(26-18(15)24)12-3-2-9(7-21)25-12/h2-3,10-11,13-14,20-21,24H,4-7H2,1H3/t10-,11-,13-,14+/m0/s1. The maximum Gasteiger partial charge on any atom is 0.487 e. The van der Waals surface area contributed by atoms with E-state index in [4.69, 9.17) is 14.2 Å². The van der Waals surface area contributed by atoms with Crippen LogP contribution in [-0.4, -0.2) is 52.7 Å². The van der Waals surface area contributed by atoms with Crippen molar-refractivity contribution in [3.8, 4) is 0 Å². The quantitative estimate of drug-likeness (QED) is 0.503. The number of carbonyl (C=O) groups excluding carboxylic acids is 2. The van der Waals surface area contributed by atoms with Gasteiger partial charge in [0.2, 0.25) is 11.8 Å². The SMILES string of the molecule is CN1C(=O)[C@H]2[C@H](CC(CO)=C3B(O)O[C@H](c4ccc(CO)o4)C[C@H]32)C1=O. The van der Waals surface area contributed by atoms with Crippen molar-refractivity contribution in [3.63, 3.8) is 0 Å². The third-order valence-electron chi connectivity index (χ3n) is 5.78. The summed E-state index contributed by atoms with van der Waals surface area (Å²) in [4.78, 5) is 26.2. The predicted molar refractivity (Wildman–Crippen MR) is 88.0 cm³/mol. The van der Waals surface area contributed by atoms with E-state index in [0.29, 0.717) is 29.0 Å². The Balaban J connectivity index is 1.72. The van der Waals surface area contributed by atoms with Crippen LogP contribution in [0.3, 0.4) is 0 Å². The van der Waals surface area contributed by atoms with Crippen LogP contribution in [0.15, 0.2) is 27.6 Å². The third kappa shape index (κ3) is 2.46. The molecule has 0 bridgehead atoms. The molecule has 0 spiro atoms. The van der Waals surface area contributed by atoms with Crippen LogP contribution in [0.1, 0.15) is 30.5 Å². The molecule has 26 heavy (non-hydrogen) atoms. The molecule has 2 saturated heterocycles. The van der Waals surface area contributed by atoms with Crippen molar-refractivity contribution in [2.45, 2.75) is 25.6 Å². The molecule has 0 saturated carbocycles. The van der Waals surface area contributed by atoms with Crippen LogP contribution in [-0.2, 0) is 20.9 Å². The molecular weight excluding hydrogens is 341 g/mol. The van der Waals surface area contributed by atoms with Crippen molar-refractivity contribution in [2.24, 2.45) is 17.8 Å². The monoisotopic (exact) mass is 361 g/mol. The highest BCUT2D eigenvalue weighted by Crippen LogP contribution is 2.51. The Morgan fingerprint density at radius 1 is 1.19 bits per heavy atom. The number of aliphatic hydroxyl groups excluding tert-OH is 2. The summed E-state index contributed by atoms with van der Waals surface area (Å²) in [5.74, 6) is -1.17. The number of fused-ring (bicyclic) bond motifs is 3. The summed E-state index contributed by atoms with van der Waals surface area (Å²) in [6.07, 6.45) is -0.00315. The molecule has 9 heteroatoms. The predicted octanol–water partition coefficient (Wildman–Crippen LogP) is -0.207. The Kier molecular flexibility index (Phi) is 4.27. The maximum absolute atomic E-state index is 12.6. The lowest BCUT2D eigenvalue weighted by Gasteiger charge is -2.41. The molecule has 1 aromatic rings. The van der Waals surface area contributed by atoms with Gasteiger partial charge < -0.3 is 24.3 Å². The first-order valence-electron chi connectivity index (χ1n) is 8.63. The number of aliphatic hydroxyl groups is 2. The van der Waals surface area contributed by atoms with Crippen LogP contribution >= 0.6 is 0 Å². The largest absolute Gasteiger partial charge is 0.487 e. The molecule has 3 aliphatic rings. The van der Waals surface area contributed by atoms with Gasteiger partial charge in [-0.1, -0.05) is 0 Å². The normalized spacial score (nSPS) is 31.5. The molecule has 2 fully saturated rings. The van der Waals surface area contributed by atoms with Gasteiger partial charge in [-0.05, 0) is 41.9 Å². The lowest BCUT2D eigenvalue weighted by molar-refractivity contribution is -0.138. The highest BCUT2D eigenvalue weighted by molar-refractivity contribution is 6.53. The number of hydrogen-bond acceptors (Lipinski definition) is 7. The molecule has 1 aliphatic carbocycles. The van der Waals surface area contributed by atoms with Crippen LogP contribution in [0.5, 0.6) is 0 Å². The number of amides is 2. The average Bonchev–Trinajstić information content (AvgIpc) is 3.21. The number of imide groups is 1. The van der Waals surface area contributed by atoms with Gasteiger partial charge in [0, 0.05) is 7.05 Å². The topological polar surface area (TPSA) is 120 Å². The molecule has 0 aromatic carbocycles. The molecule has 3 heterocycles. The minimum absolute atomic E-state index is 0.247. The Morgan fingerprint density at radius 2 is 1.96 bits per heavy atom. The van der Waals surface area contributed by atoms with Crippen LogP contribution in [0.2, 0.25) is 0 Å². The van der Waals surface area contributed by atoms with Crippen LogP contribution in [0.4, 0.5) is 0 Å². The molecule has 8 nitrogen and oxygen atoms in total. The zero-order chi connectivity index (χ0) is 18.6. The zero-order valence-electron chi connectivity index (χ0n) is 14.3. The summed E-state index contributed by atoms with van der Waals surface area (Å²) in [6.45, 7) is -0.540. The number of hydrogen-bond donors (Lipinski definition) is 3. The smallest absolute Gasteiger partial charge is 0.461 e. The van der Waals surface area contributed by atoms with Crippen molar-refractivity contribution < 1.29 is 33.9 Å². The van der Waals surface area contributed by atoms with Gasteiger partial charge in [0.15, 0.2) is 0 Å². The van der Waals surface area contributed by atoms with Gasteiger partial charge in [-0.15, -0.1) is 0 Å². The number of likely N-dealkylation sites (tertiary alicyclic amines) is 1. The number of nitrogens with zero attached hydrogens (tertiary/aromatic N) is 1. The summed E-state index contributed by atoms with van der Waals surface area (Å²) in [5, 5.41) is 29.4. The van der Waals surface area contributed by atoms with Gasteiger partial charge in [-0.3, -0.25) is 14.5 Å². The van der Waals surface area contributed by atoms with Crippen molar-refractivity contribution in [2.75, 3.05) is 13.7 Å². The van der Waals surface area contributed by atoms with Gasteiger partial charge in [-0.25, -0.2) is 0 Å². The first kappa shape index (κ1) is 17.5. The molecule has 1 aromatic heterocycles. The van der Waals surface area contributed by atoms with Crippen LogP contribution in [0, 0.1) is 17.8 Å². The molecule has 2 amide bonds. The van der Waals surface area contributed by atoms with Crippen molar-refractivity contribution in [1.29, 1.82) is 0 Å². The van der Waals surface area contributed by atoms with Gasteiger partial charge in [0.25, 0.3) is 0 Å². The Bertz CT molecular complexity index is 788. The second-order valence-electron chi connectivity index (χ2n) is 7.07. The molecule has 0 radical (unpaired) electrons. The van der Waals surface area contributed by atoms with E-state index in [-0.39, 0.29) is 31.4 Å². The van der Waals surface area contributed by atoms with Crippen molar-refractivity contribution in [3.05, 3.63) is 34.7 Å². The first-order chi connectivity index (χ1) is 12.5. The van der Waals surface area contributed by atoms with Gasteiger partial charge >= 0.3 is 7.12 Å². The fourth-order valence-corrected chi connectivity index (χ4v) is 4.55. The van der Waals surface area contributed by atoms with Crippen molar-refractivity contribution in [1.82, 2.24) is 4.90 Å². The number of carbonyl (C=O) groups is 2. The van der Waals surface area contributed by atoms with E-state index in [1.165, 1.54) is 7.05 Å². The Hall–Kier alpha value is -1.94. The second kappa shape index (κ2) is 6.35. The minimum atomic E-state index is -1.28. The molecule has 0 unspecified atom stereocenters. The van der Waals surface area contributed by atoms with Gasteiger partial charge in [0.1, 0.15) is 24.2 Å². The summed E-state index contributed by atoms with van der Waals surface area (Å²) in [5.41, 5.74) is 1.07. The fraction of sp³-hybridized carbons (Fsp3) is 0.529. The van der Waals surface area contributed by atoms with Crippen LogP contribution in [0.25, 0.3) is 0 Å². The maximum atomic E-state index is 12.6. The lowest BCUT2D eigenvalue weighted by atomic mass is 9.55. The zero-order valence-corrected chi connectivity index (χ0v) is 14.3. The average molecular weight is 361 g/mol. The number of furan rings is 1. The Morgan fingerprint density at radius 3 is 2.62 bits per heavy atom. The third-order valence-corrected chi connectivity index (χ3v) is 5.78. The Labute approximate surface area is 150 Å². The van der Waals surface area contributed by atoms with E-state index in [1.807, 2.05) is 0 Å². The second-order valence-corrected chi connectivity index (χ2v) is 7.07. The lowest BCUT2D eigenvalue weighted by Crippen LogP contribution is -2.45. The summed E-state index contributed by atoms with van der Waals surface area (Å²) < 4.78 is 11.2. The van der Waals surface area contributed by atoms with E-state index in [0.717, 1.165) is 4.90 Å².